The van der Waals surface area contributed by atoms with Gasteiger partial charge in [0.1, 0.15) is 10.9 Å². The lowest BCUT2D eigenvalue weighted by atomic mass is 9.97. The van der Waals surface area contributed by atoms with Gasteiger partial charge in [0, 0.05) is 30.9 Å². The summed E-state index contributed by atoms with van der Waals surface area (Å²) >= 11 is 5.78. The van der Waals surface area contributed by atoms with E-state index >= 15 is 0 Å². The van der Waals surface area contributed by atoms with Gasteiger partial charge in [0.25, 0.3) is 11.8 Å². The second-order valence-electron chi connectivity index (χ2n) is 7.57. The SMILES string of the molecule is CC(C)NC(=O)c1ccc(OCC2CCN(C(=O)c3ccc(Cl)nc3)CC2)cc1. The van der Waals surface area contributed by atoms with Gasteiger partial charge in [-0.1, -0.05) is 11.6 Å². The van der Waals surface area contributed by atoms with Crippen LogP contribution in [0.25, 0.3) is 0 Å². The predicted molar refractivity (Wildman–Crippen MR) is 112 cm³/mol. The van der Waals surface area contributed by atoms with E-state index < -0.39 is 0 Å². The average Bonchev–Trinajstić information content (AvgIpc) is 2.72. The maximum absolute atomic E-state index is 12.5. The van der Waals surface area contributed by atoms with Gasteiger partial charge in [-0.15, -0.1) is 0 Å². The Hall–Kier alpha value is -2.60. The van der Waals surface area contributed by atoms with E-state index in [1.807, 2.05) is 30.9 Å². The zero-order chi connectivity index (χ0) is 20.8. The van der Waals surface area contributed by atoms with Crippen LogP contribution in [0.2, 0.25) is 5.15 Å². The maximum Gasteiger partial charge on any atom is 0.255 e. The zero-order valence-electron chi connectivity index (χ0n) is 16.7. The van der Waals surface area contributed by atoms with Gasteiger partial charge in [0.15, 0.2) is 0 Å². The third-order valence-corrected chi connectivity index (χ3v) is 5.12. The normalized spacial score (nSPS) is 14.7. The van der Waals surface area contributed by atoms with E-state index in [0.717, 1.165) is 18.6 Å². The fourth-order valence-corrected chi connectivity index (χ4v) is 3.36. The molecule has 2 aromatic rings. The number of nitrogens with zero attached hydrogens (tertiary/aromatic N) is 2. The number of aromatic nitrogens is 1. The van der Waals surface area contributed by atoms with Crippen LogP contribution in [0.5, 0.6) is 5.75 Å². The van der Waals surface area contributed by atoms with Crippen LogP contribution in [0.4, 0.5) is 0 Å². The molecule has 1 saturated heterocycles. The lowest BCUT2D eigenvalue weighted by Crippen LogP contribution is -2.39. The van der Waals surface area contributed by atoms with Gasteiger partial charge in [-0.05, 0) is 69.0 Å². The predicted octanol–water partition coefficient (Wildman–Crippen LogP) is 3.80. The Bertz CT molecular complexity index is 829. The molecule has 1 aliphatic rings. The first-order valence-corrected chi connectivity index (χ1v) is 10.2. The van der Waals surface area contributed by atoms with Crippen LogP contribution < -0.4 is 10.1 Å². The molecule has 1 aromatic heterocycles. The van der Waals surface area contributed by atoms with Gasteiger partial charge < -0.3 is 15.0 Å². The molecular formula is C22H26ClN3O3. The second-order valence-corrected chi connectivity index (χ2v) is 7.96. The third-order valence-electron chi connectivity index (χ3n) is 4.90. The van der Waals surface area contributed by atoms with E-state index in [1.165, 1.54) is 6.20 Å². The molecule has 1 fully saturated rings. The highest BCUT2D eigenvalue weighted by Gasteiger charge is 2.24. The van der Waals surface area contributed by atoms with Gasteiger partial charge in [-0.3, -0.25) is 9.59 Å². The van der Waals surface area contributed by atoms with Crippen molar-refractivity contribution in [3.63, 3.8) is 0 Å². The number of pyridine rings is 1. The van der Waals surface area contributed by atoms with Crippen molar-refractivity contribution < 1.29 is 14.3 Å². The Labute approximate surface area is 176 Å². The van der Waals surface area contributed by atoms with Crippen molar-refractivity contribution in [3.8, 4) is 5.75 Å². The highest BCUT2D eigenvalue weighted by molar-refractivity contribution is 6.29. The molecule has 0 spiro atoms. The number of hydrogen-bond donors (Lipinski definition) is 1. The highest BCUT2D eigenvalue weighted by atomic mass is 35.5. The van der Waals surface area contributed by atoms with Crippen LogP contribution in [-0.2, 0) is 0 Å². The lowest BCUT2D eigenvalue weighted by molar-refractivity contribution is 0.0660. The van der Waals surface area contributed by atoms with Crippen LogP contribution in [0.3, 0.4) is 0 Å². The first-order valence-electron chi connectivity index (χ1n) is 9.87. The van der Waals surface area contributed by atoms with Crippen molar-refractivity contribution >= 4 is 23.4 Å². The maximum atomic E-state index is 12.5. The summed E-state index contributed by atoms with van der Waals surface area (Å²) in [4.78, 5) is 30.3. The minimum Gasteiger partial charge on any atom is -0.493 e. The van der Waals surface area contributed by atoms with Gasteiger partial charge in [0.2, 0.25) is 0 Å². The van der Waals surface area contributed by atoms with Crippen molar-refractivity contribution in [1.82, 2.24) is 15.2 Å². The Morgan fingerprint density at radius 3 is 2.38 bits per heavy atom. The summed E-state index contributed by atoms with van der Waals surface area (Å²) in [5.41, 5.74) is 1.18. The Kier molecular flexibility index (Phi) is 7.09. The lowest BCUT2D eigenvalue weighted by Gasteiger charge is -2.32. The molecule has 1 aliphatic heterocycles. The quantitative estimate of drug-likeness (QED) is 0.728. The van der Waals surface area contributed by atoms with Crippen LogP contribution in [-0.4, -0.2) is 47.4 Å². The van der Waals surface area contributed by atoms with E-state index in [-0.39, 0.29) is 17.9 Å². The topological polar surface area (TPSA) is 71.5 Å². The molecule has 2 amide bonds. The largest absolute Gasteiger partial charge is 0.493 e. The minimum atomic E-state index is -0.0838. The highest BCUT2D eigenvalue weighted by Crippen LogP contribution is 2.21. The molecule has 1 N–H and O–H groups in total. The second kappa shape index (κ2) is 9.74. The van der Waals surface area contributed by atoms with E-state index in [4.69, 9.17) is 16.3 Å². The summed E-state index contributed by atoms with van der Waals surface area (Å²) in [5.74, 6) is 1.05. The molecule has 2 heterocycles. The first-order chi connectivity index (χ1) is 13.9. The number of ether oxygens (including phenoxy) is 1. The Morgan fingerprint density at radius 2 is 1.79 bits per heavy atom. The van der Waals surface area contributed by atoms with E-state index in [9.17, 15) is 9.59 Å². The van der Waals surface area contributed by atoms with Crippen molar-refractivity contribution in [3.05, 3.63) is 58.9 Å². The standard InChI is InChI=1S/C22H26ClN3O3/c1-15(2)25-21(27)17-3-6-19(7-4-17)29-14-16-9-11-26(12-10-16)22(28)18-5-8-20(23)24-13-18/h3-8,13,15-16H,9-12,14H2,1-2H3,(H,25,27). The number of carbonyl (C=O) groups excluding carboxylic acids is 2. The Morgan fingerprint density at radius 1 is 1.14 bits per heavy atom. The van der Waals surface area contributed by atoms with Crippen LogP contribution in [0.15, 0.2) is 42.6 Å². The molecule has 1 aromatic carbocycles. The molecule has 0 aliphatic carbocycles. The number of benzene rings is 1. The molecule has 0 atom stereocenters. The number of nitrogens with one attached hydrogen (secondary N) is 1. The van der Waals surface area contributed by atoms with Crippen LogP contribution in [0, 0.1) is 5.92 Å². The first kappa shape index (κ1) is 21.1. The van der Waals surface area contributed by atoms with E-state index in [1.54, 1.807) is 24.3 Å². The van der Waals surface area contributed by atoms with Crippen molar-refractivity contribution in [1.29, 1.82) is 0 Å². The zero-order valence-corrected chi connectivity index (χ0v) is 17.5. The molecule has 7 heteroatoms. The average molecular weight is 416 g/mol. The molecule has 0 unspecified atom stereocenters. The van der Waals surface area contributed by atoms with E-state index in [2.05, 4.69) is 10.3 Å². The molecule has 154 valence electrons. The molecular weight excluding hydrogens is 390 g/mol. The summed E-state index contributed by atoms with van der Waals surface area (Å²) in [5, 5.41) is 3.25. The number of carbonyl (C=O) groups is 2. The molecule has 0 bridgehead atoms. The van der Waals surface area contributed by atoms with Gasteiger partial charge in [0.05, 0.1) is 12.2 Å². The van der Waals surface area contributed by atoms with Gasteiger partial charge in [-0.25, -0.2) is 4.98 Å². The number of amides is 2. The monoisotopic (exact) mass is 415 g/mol. The van der Waals surface area contributed by atoms with Crippen molar-refractivity contribution in [2.45, 2.75) is 32.7 Å². The number of piperidine rings is 1. The Balaban J connectivity index is 1.44. The van der Waals surface area contributed by atoms with Crippen LogP contribution in [0.1, 0.15) is 47.4 Å². The minimum absolute atomic E-state index is 0.0104. The molecule has 3 rings (SSSR count). The van der Waals surface area contributed by atoms with Crippen molar-refractivity contribution in [2.24, 2.45) is 5.92 Å². The fraction of sp³-hybridized carbons (Fsp3) is 0.409. The summed E-state index contributed by atoms with van der Waals surface area (Å²) in [6.07, 6.45) is 3.30. The van der Waals surface area contributed by atoms with Crippen molar-refractivity contribution in [2.75, 3.05) is 19.7 Å². The molecule has 6 nitrogen and oxygen atoms in total. The molecule has 0 saturated carbocycles. The van der Waals surface area contributed by atoms with Crippen LogP contribution >= 0.6 is 11.6 Å². The number of likely N-dealkylation sites (tertiary alicyclic amines) is 1. The summed E-state index contributed by atoms with van der Waals surface area (Å²) in [6.45, 7) is 5.86. The fourth-order valence-electron chi connectivity index (χ4n) is 3.25. The van der Waals surface area contributed by atoms with E-state index in [0.29, 0.717) is 41.9 Å². The third kappa shape index (κ3) is 5.94. The smallest absolute Gasteiger partial charge is 0.255 e. The number of rotatable bonds is 6. The summed E-state index contributed by atoms with van der Waals surface area (Å²) in [6, 6.07) is 10.6. The summed E-state index contributed by atoms with van der Waals surface area (Å²) < 4.78 is 5.90. The van der Waals surface area contributed by atoms with Gasteiger partial charge >= 0.3 is 0 Å². The number of hydrogen-bond acceptors (Lipinski definition) is 4. The van der Waals surface area contributed by atoms with Gasteiger partial charge in [-0.2, -0.15) is 0 Å². The summed E-state index contributed by atoms with van der Waals surface area (Å²) in [7, 11) is 0. The molecule has 29 heavy (non-hydrogen) atoms. The number of halogens is 1. The molecule has 0 radical (unpaired) electrons.